The molecule has 1 aromatic rings. The van der Waals surface area contributed by atoms with E-state index in [2.05, 4.69) is 26.8 Å². The van der Waals surface area contributed by atoms with Gasteiger partial charge >= 0.3 is 0 Å². The summed E-state index contributed by atoms with van der Waals surface area (Å²) in [7, 11) is 0. The second kappa shape index (κ2) is 3.86. The van der Waals surface area contributed by atoms with Crippen LogP contribution in [0.3, 0.4) is 0 Å². The molecule has 0 saturated heterocycles. The molecular weight excluding hydrogens is 212 g/mol. The maximum atomic E-state index is 11.7. The molecule has 0 bridgehead atoms. The van der Waals surface area contributed by atoms with Crippen molar-refractivity contribution in [2.24, 2.45) is 0 Å². The van der Waals surface area contributed by atoms with Gasteiger partial charge in [-0.25, -0.2) is 0 Å². The number of carbonyl (C=O) groups is 1. The first-order chi connectivity index (χ1) is 7.85. The number of ketones is 1. The molecule has 2 heteroatoms. The van der Waals surface area contributed by atoms with Gasteiger partial charge in [0.05, 0.1) is 0 Å². The smallest absolute Gasteiger partial charge is 0.172 e. The lowest BCUT2D eigenvalue weighted by molar-refractivity contribution is -0.132. The molecule has 1 atom stereocenters. The Hall–Kier alpha value is -1.31. The number of benzene rings is 1. The van der Waals surface area contributed by atoms with Gasteiger partial charge in [0.15, 0.2) is 11.4 Å². The minimum atomic E-state index is -0.641. The second-order valence-corrected chi connectivity index (χ2v) is 5.33. The molecule has 0 aromatic heterocycles. The molecule has 0 fully saturated rings. The molecule has 0 N–H and O–H groups in total. The summed E-state index contributed by atoms with van der Waals surface area (Å²) in [6, 6.07) is 2.20. The Balaban J connectivity index is 2.54. The first kappa shape index (κ1) is 12.2. The summed E-state index contributed by atoms with van der Waals surface area (Å²) < 4.78 is 6.02. The third-order valence-electron chi connectivity index (χ3n) is 4.04. The van der Waals surface area contributed by atoms with Crippen LogP contribution >= 0.6 is 0 Å². The van der Waals surface area contributed by atoms with Crippen LogP contribution in [0.15, 0.2) is 6.07 Å². The summed E-state index contributed by atoms with van der Waals surface area (Å²) in [6.07, 6.45) is 1.71. The van der Waals surface area contributed by atoms with Gasteiger partial charge in [-0.05, 0) is 69.7 Å². The van der Waals surface area contributed by atoms with Gasteiger partial charge in [-0.3, -0.25) is 4.79 Å². The summed E-state index contributed by atoms with van der Waals surface area (Å²) in [5.74, 6) is 1.05. The van der Waals surface area contributed by atoms with Gasteiger partial charge in [0.2, 0.25) is 0 Å². The first-order valence-corrected chi connectivity index (χ1v) is 6.15. The third-order valence-corrected chi connectivity index (χ3v) is 4.04. The Bertz CT molecular complexity index is 488. The minimum Gasteiger partial charge on any atom is -0.479 e. The topological polar surface area (TPSA) is 26.3 Å². The van der Waals surface area contributed by atoms with Crippen molar-refractivity contribution in [2.45, 2.75) is 53.1 Å². The maximum Gasteiger partial charge on any atom is 0.172 e. The molecule has 1 heterocycles. The average Bonchev–Trinajstić information content (AvgIpc) is 2.25. The lowest BCUT2D eigenvalue weighted by Crippen LogP contribution is -2.43. The van der Waals surface area contributed by atoms with Crippen LogP contribution in [0.1, 0.15) is 42.5 Å². The van der Waals surface area contributed by atoms with Crippen LogP contribution in [0.2, 0.25) is 0 Å². The van der Waals surface area contributed by atoms with Crippen molar-refractivity contribution in [3.05, 3.63) is 28.3 Å². The van der Waals surface area contributed by atoms with Gasteiger partial charge in [0.1, 0.15) is 5.75 Å². The molecule has 0 radical (unpaired) electrons. The van der Waals surface area contributed by atoms with Crippen LogP contribution in [0.5, 0.6) is 5.75 Å². The van der Waals surface area contributed by atoms with Crippen LogP contribution in [-0.2, 0) is 11.2 Å². The molecule has 0 saturated carbocycles. The van der Waals surface area contributed by atoms with Gasteiger partial charge in [0.25, 0.3) is 0 Å². The number of fused-ring (bicyclic) bond motifs is 1. The van der Waals surface area contributed by atoms with Gasteiger partial charge in [0, 0.05) is 0 Å². The monoisotopic (exact) mass is 232 g/mol. The van der Waals surface area contributed by atoms with Crippen molar-refractivity contribution in [2.75, 3.05) is 0 Å². The molecule has 0 amide bonds. The SMILES string of the molecule is CC(=O)[C@]1(C)CCc2c(C)cc(C)c(C)c2O1. The zero-order valence-corrected chi connectivity index (χ0v) is 11.3. The number of Topliss-reactive ketones (excluding diaryl/α,β-unsaturated/α-hetero) is 1. The molecule has 1 aromatic carbocycles. The van der Waals surface area contributed by atoms with E-state index in [9.17, 15) is 4.79 Å². The summed E-state index contributed by atoms with van der Waals surface area (Å²) in [4.78, 5) is 11.7. The van der Waals surface area contributed by atoms with E-state index in [0.717, 1.165) is 24.2 Å². The van der Waals surface area contributed by atoms with E-state index in [1.807, 2.05) is 6.92 Å². The Kier molecular flexibility index (Phi) is 2.76. The summed E-state index contributed by atoms with van der Waals surface area (Å²) in [5.41, 5.74) is 4.30. The van der Waals surface area contributed by atoms with E-state index in [4.69, 9.17) is 4.74 Å². The lowest BCUT2D eigenvalue weighted by Gasteiger charge is -2.35. The van der Waals surface area contributed by atoms with Crippen molar-refractivity contribution in [1.82, 2.24) is 0 Å². The van der Waals surface area contributed by atoms with E-state index in [0.29, 0.717) is 0 Å². The third kappa shape index (κ3) is 1.86. The van der Waals surface area contributed by atoms with Crippen molar-refractivity contribution >= 4 is 5.78 Å². The highest BCUT2D eigenvalue weighted by molar-refractivity contribution is 5.85. The Morgan fingerprint density at radius 1 is 1.29 bits per heavy atom. The van der Waals surface area contributed by atoms with E-state index < -0.39 is 5.60 Å². The lowest BCUT2D eigenvalue weighted by atomic mass is 9.86. The fourth-order valence-corrected chi connectivity index (χ4v) is 2.44. The minimum absolute atomic E-state index is 0.113. The molecule has 0 unspecified atom stereocenters. The first-order valence-electron chi connectivity index (χ1n) is 6.15. The molecule has 0 aliphatic carbocycles. The van der Waals surface area contributed by atoms with Crippen LogP contribution in [0.25, 0.3) is 0 Å². The van der Waals surface area contributed by atoms with Gasteiger partial charge in [-0.2, -0.15) is 0 Å². The van der Waals surface area contributed by atoms with Gasteiger partial charge in [-0.15, -0.1) is 0 Å². The maximum absolute atomic E-state index is 11.7. The molecule has 2 rings (SSSR count). The summed E-state index contributed by atoms with van der Waals surface area (Å²) in [6.45, 7) is 9.79. The molecular formula is C15H20O2. The highest BCUT2D eigenvalue weighted by atomic mass is 16.5. The van der Waals surface area contributed by atoms with Gasteiger partial charge in [-0.1, -0.05) is 6.07 Å². The van der Waals surface area contributed by atoms with Crippen LogP contribution in [-0.4, -0.2) is 11.4 Å². The fourth-order valence-electron chi connectivity index (χ4n) is 2.44. The quantitative estimate of drug-likeness (QED) is 0.742. The number of hydrogen-bond donors (Lipinski definition) is 0. The zero-order valence-electron chi connectivity index (χ0n) is 11.3. The number of rotatable bonds is 1. The molecule has 1 aliphatic rings. The zero-order chi connectivity index (χ0) is 12.8. The van der Waals surface area contributed by atoms with Crippen molar-refractivity contribution in [3.8, 4) is 5.75 Å². The van der Waals surface area contributed by atoms with Crippen molar-refractivity contribution in [1.29, 1.82) is 0 Å². The van der Waals surface area contributed by atoms with Crippen LogP contribution in [0.4, 0.5) is 0 Å². The average molecular weight is 232 g/mol. The number of carbonyl (C=O) groups excluding carboxylic acids is 1. The fraction of sp³-hybridized carbons (Fsp3) is 0.533. The highest BCUT2D eigenvalue weighted by Crippen LogP contribution is 2.39. The van der Waals surface area contributed by atoms with Crippen molar-refractivity contribution in [3.63, 3.8) is 0 Å². The molecule has 17 heavy (non-hydrogen) atoms. The number of aryl methyl sites for hydroxylation is 2. The Labute approximate surface area is 103 Å². The van der Waals surface area contributed by atoms with E-state index in [-0.39, 0.29) is 5.78 Å². The standard InChI is InChI=1S/C15H20O2/c1-9-8-10(2)13-6-7-15(5,12(4)16)17-14(13)11(9)3/h8H,6-7H2,1-5H3/t15-/m0/s1. The normalized spacial score (nSPS) is 22.9. The van der Waals surface area contributed by atoms with Gasteiger partial charge < -0.3 is 4.74 Å². The second-order valence-electron chi connectivity index (χ2n) is 5.33. The number of hydrogen-bond acceptors (Lipinski definition) is 2. The van der Waals surface area contributed by atoms with E-state index in [1.54, 1.807) is 6.92 Å². The van der Waals surface area contributed by atoms with E-state index in [1.165, 1.54) is 16.7 Å². The number of ether oxygens (including phenoxy) is 1. The molecule has 92 valence electrons. The summed E-state index contributed by atoms with van der Waals surface area (Å²) in [5, 5.41) is 0. The highest BCUT2D eigenvalue weighted by Gasteiger charge is 2.37. The summed E-state index contributed by atoms with van der Waals surface area (Å²) >= 11 is 0. The van der Waals surface area contributed by atoms with Crippen LogP contribution < -0.4 is 4.74 Å². The van der Waals surface area contributed by atoms with Crippen LogP contribution in [0, 0.1) is 20.8 Å². The molecule has 0 spiro atoms. The molecule has 1 aliphatic heterocycles. The van der Waals surface area contributed by atoms with E-state index >= 15 is 0 Å². The Morgan fingerprint density at radius 2 is 1.94 bits per heavy atom. The largest absolute Gasteiger partial charge is 0.479 e. The Morgan fingerprint density at radius 3 is 2.53 bits per heavy atom. The molecule has 2 nitrogen and oxygen atoms in total. The predicted molar refractivity (Wildman–Crippen MR) is 68.7 cm³/mol. The predicted octanol–water partition coefficient (Wildman–Crippen LogP) is 3.28. The van der Waals surface area contributed by atoms with Crippen molar-refractivity contribution < 1.29 is 9.53 Å².